The van der Waals surface area contributed by atoms with Crippen LogP contribution in [0.2, 0.25) is 0 Å². The lowest BCUT2D eigenvalue weighted by Gasteiger charge is -2.27. The molecule has 0 bridgehead atoms. The van der Waals surface area contributed by atoms with E-state index in [-0.39, 0.29) is 0 Å². The molecule has 1 atom stereocenters. The van der Waals surface area contributed by atoms with Gasteiger partial charge in [-0.1, -0.05) is 0 Å². The molecule has 0 aromatic carbocycles. The zero-order valence-corrected chi connectivity index (χ0v) is 12.4. The van der Waals surface area contributed by atoms with Crippen LogP contribution in [0.4, 0.5) is 5.82 Å². The predicted octanol–water partition coefficient (Wildman–Crippen LogP) is 2.66. The standard InChI is InChI=1S/C15H20N4S/c1-2-12(16-6-1)9-19(8-11-3-4-11)15-14-13(5-7-20-14)17-10-18-15/h5,7,10-12,16H,1-4,6,8-9H2. The molecule has 1 unspecified atom stereocenters. The molecule has 1 saturated carbocycles. The Morgan fingerprint density at radius 1 is 1.25 bits per heavy atom. The van der Waals surface area contributed by atoms with Gasteiger partial charge in [-0.15, -0.1) is 11.3 Å². The Bertz CT molecular complexity index is 586. The number of nitrogens with zero attached hydrogens (tertiary/aromatic N) is 3. The second-order valence-corrected chi connectivity index (χ2v) is 6.89. The van der Waals surface area contributed by atoms with Crippen LogP contribution >= 0.6 is 11.3 Å². The normalized spacial score (nSPS) is 22.5. The first-order chi connectivity index (χ1) is 9.90. The summed E-state index contributed by atoms with van der Waals surface area (Å²) >= 11 is 1.76. The molecule has 0 radical (unpaired) electrons. The number of fused-ring (bicyclic) bond motifs is 1. The van der Waals surface area contributed by atoms with Gasteiger partial charge in [0.1, 0.15) is 12.1 Å². The van der Waals surface area contributed by atoms with E-state index in [4.69, 9.17) is 0 Å². The average molecular weight is 288 g/mol. The summed E-state index contributed by atoms with van der Waals surface area (Å²) in [6.07, 6.45) is 7.08. The number of nitrogens with one attached hydrogen (secondary N) is 1. The van der Waals surface area contributed by atoms with Crippen LogP contribution in [-0.4, -0.2) is 35.6 Å². The monoisotopic (exact) mass is 288 g/mol. The lowest BCUT2D eigenvalue weighted by Crippen LogP contribution is -2.39. The highest BCUT2D eigenvalue weighted by atomic mass is 32.1. The van der Waals surface area contributed by atoms with Crippen LogP contribution in [0.5, 0.6) is 0 Å². The second kappa shape index (κ2) is 5.30. The van der Waals surface area contributed by atoms with Crippen LogP contribution in [0.25, 0.3) is 10.2 Å². The molecule has 4 rings (SSSR count). The summed E-state index contributed by atoms with van der Waals surface area (Å²) in [5.41, 5.74) is 1.08. The van der Waals surface area contributed by atoms with E-state index in [1.54, 1.807) is 17.7 Å². The Morgan fingerprint density at radius 3 is 3.00 bits per heavy atom. The van der Waals surface area contributed by atoms with Crippen LogP contribution in [-0.2, 0) is 0 Å². The molecule has 3 heterocycles. The fourth-order valence-electron chi connectivity index (χ4n) is 3.04. The van der Waals surface area contributed by atoms with E-state index in [9.17, 15) is 0 Å². The van der Waals surface area contributed by atoms with Crippen molar-refractivity contribution in [2.24, 2.45) is 5.92 Å². The van der Waals surface area contributed by atoms with E-state index in [1.165, 1.54) is 36.9 Å². The van der Waals surface area contributed by atoms with Gasteiger partial charge in [0.2, 0.25) is 0 Å². The Morgan fingerprint density at radius 2 is 2.20 bits per heavy atom. The summed E-state index contributed by atoms with van der Waals surface area (Å²) in [5, 5.41) is 5.73. The maximum atomic E-state index is 4.60. The van der Waals surface area contributed by atoms with E-state index in [0.717, 1.165) is 30.3 Å². The van der Waals surface area contributed by atoms with E-state index in [0.29, 0.717) is 6.04 Å². The average Bonchev–Trinajstić information content (AvgIpc) is 2.93. The summed E-state index contributed by atoms with van der Waals surface area (Å²) in [6, 6.07) is 2.72. The molecule has 1 aliphatic carbocycles. The van der Waals surface area contributed by atoms with E-state index < -0.39 is 0 Å². The van der Waals surface area contributed by atoms with Gasteiger partial charge in [-0.25, -0.2) is 9.97 Å². The molecule has 2 aliphatic rings. The lowest BCUT2D eigenvalue weighted by molar-refractivity contribution is 0.568. The highest BCUT2D eigenvalue weighted by molar-refractivity contribution is 7.17. The molecule has 106 valence electrons. The fraction of sp³-hybridized carbons (Fsp3) is 0.600. The first kappa shape index (κ1) is 12.5. The molecule has 1 aliphatic heterocycles. The van der Waals surface area contributed by atoms with Crippen molar-refractivity contribution >= 4 is 27.4 Å². The van der Waals surface area contributed by atoms with Crippen LogP contribution in [0, 0.1) is 5.92 Å². The summed E-state index contributed by atoms with van der Waals surface area (Å²) in [4.78, 5) is 11.5. The van der Waals surface area contributed by atoms with Gasteiger partial charge in [0.25, 0.3) is 0 Å². The largest absolute Gasteiger partial charge is 0.353 e. The smallest absolute Gasteiger partial charge is 0.150 e. The van der Waals surface area contributed by atoms with Gasteiger partial charge in [-0.2, -0.15) is 0 Å². The van der Waals surface area contributed by atoms with Crippen molar-refractivity contribution in [1.82, 2.24) is 15.3 Å². The zero-order valence-electron chi connectivity index (χ0n) is 11.6. The summed E-state index contributed by atoms with van der Waals surface area (Å²) in [7, 11) is 0. The van der Waals surface area contributed by atoms with Crippen molar-refractivity contribution in [3.8, 4) is 0 Å². The molecule has 2 fully saturated rings. The highest BCUT2D eigenvalue weighted by Gasteiger charge is 2.28. The number of hydrogen-bond donors (Lipinski definition) is 1. The van der Waals surface area contributed by atoms with Crippen molar-refractivity contribution in [1.29, 1.82) is 0 Å². The van der Waals surface area contributed by atoms with E-state index >= 15 is 0 Å². The maximum absolute atomic E-state index is 4.60. The number of anilines is 1. The van der Waals surface area contributed by atoms with Gasteiger partial charge in [-0.05, 0) is 49.6 Å². The summed E-state index contributed by atoms with van der Waals surface area (Å²) in [6.45, 7) is 3.41. The lowest BCUT2D eigenvalue weighted by atomic mass is 10.2. The first-order valence-electron chi connectivity index (χ1n) is 7.56. The number of aromatic nitrogens is 2. The molecule has 4 nitrogen and oxygen atoms in total. The molecular formula is C15H20N4S. The topological polar surface area (TPSA) is 41.1 Å². The fourth-order valence-corrected chi connectivity index (χ4v) is 3.90. The molecule has 1 N–H and O–H groups in total. The van der Waals surface area contributed by atoms with Crippen molar-refractivity contribution in [2.75, 3.05) is 24.5 Å². The van der Waals surface area contributed by atoms with Crippen molar-refractivity contribution in [2.45, 2.75) is 31.7 Å². The molecule has 0 amide bonds. The Labute approximate surface area is 123 Å². The zero-order chi connectivity index (χ0) is 13.4. The maximum Gasteiger partial charge on any atom is 0.150 e. The Balaban J connectivity index is 1.63. The molecule has 5 heteroatoms. The van der Waals surface area contributed by atoms with Crippen LogP contribution in [0.1, 0.15) is 25.7 Å². The van der Waals surface area contributed by atoms with E-state index in [1.807, 2.05) is 0 Å². The third-order valence-electron chi connectivity index (χ3n) is 4.30. The van der Waals surface area contributed by atoms with Crippen molar-refractivity contribution in [3.05, 3.63) is 17.8 Å². The molecular weight excluding hydrogens is 268 g/mol. The van der Waals surface area contributed by atoms with Gasteiger partial charge in [-0.3, -0.25) is 0 Å². The van der Waals surface area contributed by atoms with Crippen LogP contribution < -0.4 is 10.2 Å². The Kier molecular flexibility index (Phi) is 3.32. The van der Waals surface area contributed by atoms with Gasteiger partial charge in [0.05, 0.1) is 10.2 Å². The first-order valence-corrected chi connectivity index (χ1v) is 8.44. The Hall–Kier alpha value is -1.20. The van der Waals surface area contributed by atoms with E-state index in [2.05, 4.69) is 31.6 Å². The molecule has 2 aromatic rings. The third kappa shape index (κ3) is 2.52. The van der Waals surface area contributed by atoms with Gasteiger partial charge >= 0.3 is 0 Å². The SMILES string of the molecule is c1nc(N(CC2CC2)CC2CCCN2)c2sccc2n1. The van der Waals surface area contributed by atoms with Crippen LogP contribution in [0.3, 0.4) is 0 Å². The number of thiophene rings is 1. The second-order valence-electron chi connectivity index (χ2n) is 5.97. The minimum Gasteiger partial charge on any atom is -0.353 e. The highest BCUT2D eigenvalue weighted by Crippen LogP contribution is 2.34. The summed E-state index contributed by atoms with van der Waals surface area (Å²) in [5.74, 6) is 2.02. The molecule has 1 saturated heterocycles. The number of rotatable bonds is 5. The minimum absolute atomic E-state index is 0.624. The van der Waals surface area contributed by atoms with Gasteiger partial charge < -0.3 is 10.2 Å². The van der Waals surface area contributed by atoms with Crippen molar-refractivity contribution in [3.63, 3.8) is 0 Å². The molecule has 20 heavy (non-hydrogen) atoms. The predicted molar refractivity (Wildman–Crippen MR) is 83.4 cm³/mol. The third-order valence-corrected chi connectivity index (χ3v) is 5.20. The van der Waals surface area contributed by atoms with Crippen molar-refractivity contribution < 1.29 is 0 Å². The quantitative estimate of drug-likeness (QED) is 0.918. The molecule has 2 aromatic heterocycles. The molecule has 0 spiro atoms. The van der Waals surface area contributed by atoms with Gasteiger partial charge in [0, 0.05) is 19.1 Å². The number of hydrogen-bond acceptors (Lipinski definition) is 5. The summed E-state index contributed by atoms with van der Waals surface area (Å²) < 4.78 is 1.24. The minimum atomic E-state index is 0.624. The van der Waals surface area contributed by atoms with Gasteiger partial charge in [0.15, 0.2) is 0 Å². The van der Waals surface area contributed by atoms with Crippen LogP contribution in [0.15, 0.2) is 17.8 Å².